The van der Waals surface area contributed by atoms with Crippen LogP contribution < -0.4 is 10.5 Å². The lowest BCUT2D eigenvalue weighted by Crippen LogP contribution is -2.29. The Morgan fingerprint density at radius 3 is 2.47 bits per heavy atom. The molecule has 4 rings (SSSR count). The van der Waals surface area contributed by atoms with Crippen LogP contribution in [0.25, 0.3) is 16.9 Å². The van der Waals surface area contributed by atoms with Gasteiger partial charge in [-0.05, 0) is 61.7 Å². The third-order valence-corrected chi connectivity index (χ3v) is 6.07. The second kappa shape index (κ2) is 8.56. The molecule has 166 valence electrons. The lowest BCUT2D eigenvalue weighted by atomic mass is 10.1. The fourth-order valence-corrected chi connectivity index (χ4v) is 4.16. The molecular formula is C22H24N6O3S. The molecule has 0 aliphatic heterocycles. The summed E-state index contributed by atoms with van der Waals surface area (Å²) in [6, 6.07) is 12.1. The number of rotatable bonds is 7. The van der Waals surface area contributed by atoms with Crippen LogP contribution in [-0.4, -0.2) is 40.2 Å². The van der Waals surface area contributed by atoms with Crippen molar-refractivity contribution in [3.8, 4) is 5.82 Å². The zero-order chi connectivity index (χ0) is 22.9. The number of aromatic nitrogens is 4. The quantitative estimate of drug-likeness (QED) is 0.443. The maximum absolute atomic E-state index is 12.6. The second-order valence-electron chi connectivity index (χ2n) is 7.64. The van der Waals surface area contributed by atoms with Crippen LogP contribution >= 0.6 is 0 Å². The highest BCUT2D eigenvalue weighted by molar-refractivity contribution is 7.89. The van der Waals surface area contributed by atoms with E-state index in [-0.39, 0.29) is 17.3 Å². The number of benzene rings is 1. The fraction of sp³-hybridized carbons (Fsp3) is 0.227. The lowest BCUT2D eigenvalue weighted by Gasteiger charge is -2.07. The van der Waals surface area contributed by atoms with Gasteiger partial charge in [0.15, 0.2) is 11.5 Å². The van der Waals surface area contributed by atoms with Gasteiger partial charge in [0.2, 0.25) is 15.9 Å². The van der Waals surface area contributed by atoms with Crippen LogP contribution in [0.5, 0.6) is 0 Å². The molecule has 0 radical (unpaired) electrons. The minimum Gasteiger partial charge on any atom is -0.354 e. The number of hydrogen-bond donors (Lipinski definition) is 2. The Morgan fingerprint density at radius 2 is 1.81 bits per heavy atom. The highest BCUT2D eigenvalue weighted by Crippen LogP contribution is 2.25. The van der Waals surface area contributed by atoms with Crippen molar-refractivity contribution in [2.75, 3.05) is 6.54 Å². The molecule has 1 aromatic carbocycles. The highest BCUT2D eigenvalue weighted by atomic mass is 32.2. The first-order valence-corrected chi connectivity index (χ1v) is 11.6. The van der Waals surface area contributed by atoms with Crippen LogP contribution in [0.3, 0.4) is 0 Å². The third kappa shape index (κ3) is 4.56. The molecule has 0 aliphatic rings. The number of pyridine rings is 1. The van der Waals surface area contributed by atoms with Crippen LogP contribution in [0.15, 0.2) is 59.8 Å². The molecule has 0 unspecified atom stereocenters. The van der Waals surface area contributed by atoms with E-state index in [1.54, 1.807) is 16.8 Å². The average Bonchev–Trinajstić information content (AvgIpc) is 3.36. The number of fused-ring (bicyclic) bond motifs is 1. The van der Waals surface area contributed by atoms with E-state index in [9.17, 15) is 13.2 Å². The molecule has 4 aromatic rings. The summed E-state index contributed by atoms with van der Waals surface area (Å²) in [5.41, 5.74) is 3.47. The van der Waals surface area contributed by atoms with Crippen molar-refractivity contribution in [2.24, 2.45) is 5.14 Å². The van der Waals surface area contributed by atoms with E-state index in [1.165, 1.54) is 12.1 Å². The minimum absolute atomic E-state index is 0.0397. The first kappa shape index (κ1) is 21.7. The van der Waals surface area contributed by atoms with Gasteiger partial charge in [0.25, 0.3) is 0 Å². The number of carbonyl (C=O) groups is 1. The predicted octanol–water partition coefficient (Wildman–Crippen LogP) is 1.85. The molecule has 1 amide bonds. The summed E-state index contributed by atoms with van der Waals surface area (Å²) < 4.78 is 26.2. The van der Waals surface area contributed by atoms with Crippen molar-refractivity contribution in [3.63, 3.8) is 0 Å². The van der Waals surface area contributed by atoms with E-state index < -0.39 is 10.0 Å². The van der Waals surface area contributed by atoms with E-state index in [0.717, 1.165) is 28.0 Å². The maximum atomic E-state index is 12.6. The Morgan fingerprint density at radius 1 is 1.12 bits per heavy atom. The maximum Gasteiger partial charge on any atom is 0.241 e. The molecule has 0 bridgehead atoms. The largest absolute Gasteiger partial charge is 0.354 e. The zero-order valence-corrected chi connectivity index (χ0v) is 18.6. The molecule has 10 heteroatoms. The van der Waals surface area contributed by atoms with Crippen molar-refractivity contribution in [1.29, 1.82) is 0 Å². The molecule has 3 N–H and O–H groups in total. The number of aryl methyl sites for hydroxylation is 2. The van der Waals surface area contributed by atoms with Gasteiger partial charge < -0.3 is 9.88 Å². The van der Waals surface area contributed by atoms with E-state index in [0.29, 0.717) is 18.6 Å². The number of nitrogens with one attached hydrogen (secondary N) is 1. The third-order valence-electron chi connectivity index (χ3n) is 5.14. The van der Waals surface area contributed by atoms with Crippen LogP contribution in [0.2, 0.25) is 0 Å². The molecule has 0 atom stereocenters. The van der Waals surface area contributed by atoms with Gasteiger partial charge >= 0.3 is 0 Å². The molecule has 0 spiro atoms. The van der Waals surface area contributed by atoms with Gasteiger partial charge in [0, 0.05) is 24.6 Å². The first-order valence-electron chi connectivity index (χ1n) is 10.1. The number of nitrogens with two attached hydrogens (primary N) is 1. The normalized spacial score (nSPS) is 11.7. The van der Waals surface area contributed by atoms with Crippen LogP contribution in [0.1, 0.15) is 16.8 Å². The number of nitrogens with zero attached hydrogens (tertiary/aromatic N) is 4. The van der Waals surface area contributed by atoms with E-state index >= 15 is 0 Å². The smallest absolute Gasteiger partial charge is 0.241 e. The van der Waals surface area contributed by atoms with Crippen molar-refractivity contribution < 1.29 is 13.2 Å². The van der Waals surface area contributed by atoms with E-state index in [1.807, 2.05) is 49.0 Å². The standard InChI is InChI=1S/C22H24N6O3S/c1-15-13-16(2)25-21-20(15)22(27-11-3-4-12-27)26-28(21)14-19(29)24-10-9-17-5-7-18(8-6-17)32(23,30)31/h3-8,11-13H,9-10,14H2,1-2H3,(H,24,29)(H2,23,30,31). The Labute approximate surface area is 185 Å². The topological polar surface area (TPSA) is 125 Å². The van der Waals surface area contributed by atoms with Gasteiger partial charge in [-0.25, -0.2) is 23.2 Å². The van der Waals surface area contributed by atoms with E-state index in [4.69, 9.17) is 5.14 Å². The molecular weight excluding hydrogens is 428 g/mol. The summed E-state index contributed by atoms with van der Waals surface area (Å²) in [5.74, 6) is 0.549. The molecule has 3 aromatic heterocycles. The summed E-state index contributed by atoms with van der Waals surface area (Å²) >= 11 is 0. The Hall–Kier alpha value is -3.50. The van der Waals surface area contributed by atoms with E-state index in [2.05, 4.69) is 15.4 Å². The number of hydrogen-bond acceptors (Lipinski definition) is 5. The van der Waals surface area contributed by atoms with Gasteiger partial charge in [0.1, 0.15) is 6.54 Å². The molecule has 0 aliphatic carbocycles. The number of carbonyl (C=O) groups excluding carboxylic acids is 1. The van der Waals surface area contributed by atoms with Crippen molar-refractivity contribution in [3.05, 3.63) is 71.7 Å². The summed E-state index contributed by atoms with van der Waals surface area (Å²) in [6.45, 7) is 4.37. The molecule has 0 fully saturated rings. The van der Waals surface area contributed by atoms with Gasteiger partial charge in [0.05, 0.1) is 10.3 Å². The number of sulfonamides is 1. The zero-order valence-electron chi connectivity index (χ0n) is 17.8. The van der Waals surface area contributed by atoms with Crippen LogP contribution in [0.4, 0.5) is 0 Å². The second-order valence-corrected chi connectivity index (χ2v) is 9.20. The summed E-state index contributed by atoms with van der Waals surface area (Å²) in [6.07, 6.45) is 4.38. The molecule has 0 saturated carbocycles. The highest BCUT2D eigenvalue weighted by Gasteiger charge is 2.17. The minimum atomic E-state index is -3.71. The van der Waals surface area contributed by atoms with Crippen molar-refractivity contribution in [2.45, 2.75) is 31.7 Å². The Kier molecular flexibility index (Phi) is 5.81. The number of primary sulfonamides is 1. The van der Waals surface area contributed by atoms with Gasteiger partial charge in [-0.2, -0.15) is 5.10 Å². The molecule has 0 saturated heterocycles. The van der Waals surface area contributed by atoms with Gasteiger partial charge in [-0.1, -0.05) is 12.1 Å². The van der Waals surface area contributed by atoms with Gasteiger partial charge in [-0.3, -0.25) is 4.79 Å². The number of amides is 1. The summed E-state index contributed by atoms with van der Waals surface area (Å²) in [5, 5.41) is 13.6. The first-order chi connectivity index (χ1) is 15.2. The van der Waals surface area contributed by atoms with Crippen molar-refractivity contribution in [1.82, 2.24) is 24.6 Å². The van der Waals surface area contributed by atoms with Gasteiger partial charge in [-0.15, -0.1) is 0 Å². The predicted molar refractivity (Wildman–Crippen MR) is 121 cm³/mol. The Balaban J connectivity index is 1.47. The SMILES string of the molecule is Cc1cc(C)c2c(-n3cccc3)nn(CC(=O)NCCc3ccc(S(N)(=O)=O)cc3)c2n1. The monoisotopic (exact) mass is 452 g/mol. The lowest BCUT2D eigenvalue weighted by molar-refractivity contribution is -0.121. The average molecular weight is 453 g/mol. The summed E-state index contributed by atoms with van der Waals surface area (Å²) in [7, 11) is -3.71. The summed E-state index contributed by atoms with van der Waals surface area (Å²) in [4.78, 5) is 17.3. The van der Waals surface area contributed by atoms with Crippen molar-refractivity contribution >= 4 is 27.0 Å². The van der Waals surface area contributed by atoms with Crippen LogP contribution in [0, 0.1) is 13.8 Å². The van der Waals surface area contributed by atoms with Crippen LogP contribution in [-0.2, 0) is 27.8 Å². The fourth-order valence-electron chi connectivity index (χ4n) is 3.64. The molecule has 3 heterocycles. The molecule has 9 nitrogen and oxygen atoms in total. The Bertz CT molecular complexity index is 1370. The molecule has 32 heavy (non-hydrogen) atoms.